The zero-order valence-corrected chi connectivity index (χ0v) is 18.3. The van der Waals surface area contributed by atoms with Crippen molar-refractivity contribution in [2.75, 3.05) is 7.05 Å². The third-order valence-electron chi connectivity index (χ3n) is 5.21. The average molecular weight is 436 g/mol. The minimum atomic E-state index is -0.277. The van der Waals surface area contributed by atoms with E-state index in [1.165, 1.54) is 12.1 Å². The first-order valence-electron chi connectivity index (χ1n) is 9.89. The predicted molar refractivity (Wildman–Crippen MR) is 120 cm³/mol. The smallest absolute Gasteiger partial charge is 0.273 e. The summed E-state index contributed by atoms with van der Waals surface area (Å²) in [6, 6.07) is 11.9. The first-order valence-corrected chi connectivity index (χ1v) is 10.3. The van der Waals surface area contributed by atoms with E-state index >= 15 is 0 Å². The summed E-state index contributed by atoms with van der Waals surface area (Å²) in [6.45, 7) is 2.41. The Bertz CT molecular complexity index is 1280. The molecule has 0 aliphatic carbocycles. The Morgan fingerprint density at radius 3 is 2.71 bits per heavy atom. The largest absolute Gasteiger partial charge is 0.508 e. The number of rotatable bonds is 5. The number of aromatic nitrogens is 4. The maximum absolute atomic E-state index is 13.4. The van der Waals surface area contributed by atoms with Crippen LogP contribution in [0.2, 0.25) is 5.02 Å². The predicted octanol–water partition coefficient (Wildman–Crippen LogP) is 4.22. The van der Waals surface area contributed by atoms with Crippen LogP contribution in [-0.2, 0) is 20.0 Å². The van der Waals surface area contributed by atoms with Crippen LogP contribution in [0.25, 0.3) is 22.3 Å². The van der Waals surface area contributed by atoms with Gasteiger partial charge >= 0.3 is 0 Å². The second kappa shape index (κ2) is 8.35. The molecule has 0 saturated carbocycles. The average Bonchev–Trinajstić information content (AvgIpc) is 3.11. The Kier molecular flexibility index (Phi) is 5.61. The number of fused-ring (bicyclic) bond motifs is 1. The topological polar surface area (TPSA) is 84.1 Å². The second-order valence-corrected chi connectivity index (χ2v) is 7.78. The van der Waals surface area contributed by atoms with Gasteiger partial charge in [-0.2, -0.15) is 0 Å². The SMILES string of the molecule is CCc1ncc(CN(C)C(=O)c2nc(-c3cccc(Cl)c3)nc3ccc(O)cc23)n1C. The number of aryl methyl sites for hydroxylation is 1. The number of benzene rings is 2. The standard InChI is InChI=1S/C23H22ClN5O2/c1-4-20-25-12-16(29(20)3)13-28(2)23(31)21-18-11-17(30)8-9-19(18)26-22(27-21)14-6-5-7-15(24)10-14/h5-12,30H,4,13H2,1-3H3. The van der Waals surface area contributed by atoms with Crippen LogP contribution in [0, 0.1) is 0 Å². The second-order valence-electron chi connectivity index (χ2n) is 7.35. The molecule has 2 aromatic heterocycles. The molecule has 0 unspecified atom stereocenters. The van der Waals surface area contributed by atoms with Gasteiger partial charge in [-0.15, -0.1) is 0 Å². The van der Waals surface area contributed by atoms with E-state index in [4.69, 9.17) is 11.6 Å². The molecule has 0 radical (unpaired) electrons. The number of halogens is 1. The highest BCUT2D eigenvalue weighted by Gasteiger charge is 2.21. The van der Waals surface area contributed by atoms with Gasteiger partial charge in [0.1, 0.15) is 17.3 Å². The summed E-state index contributed by atoms with van der Waals surface area (Å²) in [7, 11) is 3.66. The lowest BCUT2D eigenvalue weighted by Gasteiger charge is -2.18. The minimum absolute atomic E-state index is 0.0440. The molecule has 0 aliphatic heterocycles. The molecule has 4 aromatic rings. The van der Waals surface area contributed by atoms with Crippen molar-refractivity contribution in [3.05, 3.63) is 70.9 Å². The van der Waals surface area contributed by atoms with E-state index < -0.39 is 0 Å². The number of imidazole rings is 1. The maximum atomic E-state index is 13.4. The third kappa shape index (κ3) is 4.09. The van der Waals surface area contributed by atoms with Crippen LogP contribution in [0.15, 0.2) is 48.7 Å². The molecule has 0 atom stereocenters. The summed E-state index contributed by atoms with van der Waals surface area (Å²) < 4.78 is 1.99. The number of nitrogens with zero attached hydrogens (tertiary/aromatic N) is 5. The molecular formula is C23H22ClN5O2. The van der Waals surface area contributed by atoms with Gasteiger partial charge in [-0.3, -0.25) is 4.79 Å². The zero-order chi connectivity index (χ0) is 22.1. The van der Waals surface area contributed by atoms with Gasteiger partial charge < -0.3 is 14.6 Å². The molecule has 0 bridgehead atoms. The van der Waals surface area contributed by atoms with Gasteiger partial charge in [0.15, 0.2) is 5.82 Å². The van der Waals surface area contributed by atoms with E-state index in [-0.39, 0.29) is 17.4 Å². The quantitative estimate of drug-likeness (QED) is 0.507. The van der Waals surface area contributed by atoms with Gasteiger partial charge in [-0.1, -0.05) is 30.7 Å². The monoisotopic (exact) mass is 435 g/mol. The Hall–Kier alpha value is -3.45. The van der Waals surface area contributed by atoms with Gasteiger partial charge in [0, 0.05) is 36.5 Å². The van der Waals surface area contributed by atoms with E-state index in [9.17, 15) is 9.90 Å². The molecule has 0 saturated heterocycles. The molecule has 1 amide bonds. The van der Waals surface area contributed by atoms with Crippen molar-refractivity contribution >= 4 is 28.4 Å². The first-order chi connectivity index (χ1) is 14.9. The summed E-state index contributed by atoms with van der Waals surface area (Å²) in [5.74, 6) is 1.12. The fraction of sp³-hybridized carbons (Fsp3) is 0.217. The molecule has 2 heterocycles. The number of phenols is 1. The van der Waals surface area contributed by atoms with Crippen molar-refractivity contribution in [2.24, 2.45) is 7.05 Å². The summed E-state index contributed by atoms with van der Waals surface area (Å²) in [5, 5.41) is 11.0. The first kappa shape index (κ1) is 20.8. The number of hydrogen-bond donors (Lipinski definition) is 1. The highest BCUT2D eigenvalue weighted by molar-refractivity contribution is 6.30. The van der Waals surface area contributed by atoms with Gasteiger partial charge in [0.2, 0.25) is 0 Å². The Morgan fingerprint density at radius 2 is 2.00 bits per heavy atom. The minimum Gasteiger partial charge on any atom is -0.508 e. The molecular weight excluding hydrogens is 414 g/mol. The summed E-state index contributed by atoms with van der Waals surface area (Å²) in [5.41, 5.74) is 2.41. The normalized spacial score (nSPS) is 11.1. The Morgan fingerprint density at radius 1 is 1.19 bits per heavy atom. The number of phenolic OH excluding ortho intramolecular Hbond substituents is 1. The Labute approximate surface area is 185 Å². The summed E-state index contributed by atoms with van der Waals surface area (Å²) in [6.07, 6.45) is 2.59. The van der Waals surface area contributed by atoms with E-state index in [0.717, 1.165) is 17.9 Å². The molecule has 4 rings (SSSR count). The molecule has 2 aromatic carbocycles. The third-order valence-corrected chi connectivity index (χ3v) is 5.44. The molecule has 0 spiro atoms. The molecule has 1 N–H and O–H groups in total. The van der Waals surface area contributed by atoms with Crippen LogP contribution in [0.4, 0.5) is 0 Å². The van der Waals surface area contributed by atoms with E-state index in [2.05, 4.69) is 15.0 Å². The highest BCUT2D eigenvalue weighted by Crippen LogP contribution is 2.27. The van der Waals surface area contributed by atoms with Gasteiger partial charge in [0.05, 0.1) is 24.0 Å². The van der Waals surface area contributed by atoms with Crippen molar-refractivity contribution < 1.29 is 9.90 Å². The van der Waals surface area contributed by atoms with Crippen molar-refractivity contribution in [1.82, 2.24) is 24.4 Å². The van der Waals surface area contributed by atoms with Crippen LogP contribution in [-0.4, -0.2) is 42.5 Å². The lowest BCUT2D eigenvalue weighted by Crippen LogP contribution is -2.28. The molecule has 8 heteroatoms. The van der Waals surface area contributed by atoms with Crippen molar-refractivity contribution in [1.29, 1.82) is 0 Å². The van der Waals surface area contributed by atoms with Crippen LogP contribution in [0.1, 0.15) is 28.9 Å². The number of hydrogen-bond acceptors (Lipinski definition) is 5. The van der Waals surface area contributed by atoms with Crippen molar-refractivity contribution in [3.8, 4) is 17.1 Å². The summed E-state index contributed by atoms with van der Waals surface area (Å²) >= 11 is 6.13. The van der Waals surface area contributed by atoms with Crippen molar-refractivity contribution in [2.45, 2.75) is 19.9 Å². The number of amides is 1. The van der Waals surface area contributed by atoms with Crippen LogP contribution in [0.5, 0.6) is 5.75 Å². The van der Waals surface area contributed by atoms with Crippen LogP contribution in [0.3, 0.4) is 0 Å². The van der Waals surface area contributed by atoms with Crippen LogP contribution < -0.4 is 0 Å². The molecule has 31 heavy (non-hydrogen) atoms. The number of carbonyl (C=O) groups is 1. The molecule has 158 valence electrons. The van der Waals surface area contributed by atoms with Crippen molar-refractivity contribution in [3.63, 3.8) is 0 Å². The lowest BCUT2D eigenvalue weighted by atomic mass is 10.1. The van der Waals surface area contributed by atoms with E-state index in [1.807, 2.05) is 30.7 Å². The van der Waals surface area contributed by atoms with E-state index in [1.54, 1.807) is 36.3 Å². The van der Waals surface area contributed by atoms with Crippen LogP contribution >= 0.6 is 11.6 Å². The van der Waals surface area contributed by atoms with Gasteiger partial charge in [-0.05, 0) is 30.3 Å². The summed E-state index contributed by atoms with van der Waals surface area (Å²) in [4.78, 5) is 28.5. The van der Waals surface area contributed by atoms with E-state index in [0.29, 0.717) is 33.9 Å². The zero-order valence-electron chi connectivity index (χ0n) is 17.5. The fourth-order valence-electron chi connectivity index (χ4n) is 3.50. The fourth-order valence-corrected chi connectivity index (χ4v) is 3.69. The van der Waals surface area contributed by atoms with Gasteiger partial charge in [0.25, 0.3) is 5.91 Å². The Balaban J connectivity index is 1.77. The lowest BCUT2D eigenvalue weighted by molar-refractivity contribution is 0.0778. The molecule has 7 nitrogen and oxygen atoms in total. The maximum Gasteiger partial charge on any atom is 0.273 e. The number of aromatic hydroxyl groups is 1. The highest BCUT2D eigenvalue weighted by atomic mass is 35.5. The number of carbonyl (C=O) groups excluding carboxylic acids is 1. The van der Waals surface area contributed by atoms with Gasteiger partial charge in [-0.25, -0.2) is 15.0 Å². The molecule has 0 aliphatic rings. The molecule has 0 fully saturated rings.